The second-order valence-corrected chi connectivity index (χ2v) is 6.66. The molecule has 0 saturated carbocycles. The fourth-order valence-electron chi connectivity index (χ4n) is 1.89. The van der Waals surface area contributed by atoms with Crippen molar-refractivity contribution in [2.24, 2.45) is 7.05 Å². The van der Waals surface area contributed by atoms with E-state index in [1.807, 2.05) is 6.20 Å². The molecule has 5 nitrogen and oxygen atoms in total. The molecule has 0 spiro atoms. The molecular weight excluding hydrogens is 262 g/mol. The minimum Gasteiger partial charge on any atom is -0.397 e. The van der Waals surface area contributed by atoms with Gasteiger partial charge in [-0.1, -0.05) is 12.1 Å². The third-order valence-electron chi connectivity index (χ3n) is 3.04. The van der Waals surface area contributed by atoms with Crippen molar-refractivity contribution in [3.8, 4) is 0 Å². The average molecular weight is 279 g/mol. The van der Waals surface area contributed by atoms with Gasteiger partial charge in [0.2, 0.25) is 0 Å². The fourth-order valence-corrected chi connectivity index (χ4v) is 3.39. The van der Waals surface area contributed by atoms with Crippen LogP contribution in [0.5, 0.6) is 0 Å². The van der Waals surface area contributed by atoms with E-state index in [0.717, 1.165) is 11.1 Å². The van der Waals surface area contributed by atoms with Crippen molar-refractivity contribution >= 4 is 15.5 Å². The number of benzene rings is 1. The van der Waals surface area contributed by atoms with E-state index in [0.29, 0.717) is 12.1 Å². The highest BCUT2D eigenvalue weighted by Crippen LogP contribution is 2.23. The standard InChI is InChI=1S/C13H17N3O2S/c1-10-4-3-5-12(13(10)14)19(17,18)7-6-11-8-15-16(2)9-11/h3-5,8-9H,6-7,14H2,1-2H3. The summed E-state index contributed by atoms with van der Waals surface area (Å²) in [6.07, 6.45) is 3.92. The van der Waals surface area contributed by atoms with Gasteiger partial charge in [0.05, 0.1) is 22.5 Å². The number of nitrogens with two attached hydrogens (primary N) is 1. The Hall–Kier alpha value is -1.82. The van der Waals surface area contributed by atoms with Gasteiger partial charge in [-0.05, 0) is 30.5 Å². The van der Waals surface area contributed by atoms with E-state index in [1.165, 1.54) is 0 Å². The predicted molar refractivity (Wildman–Crippen MR) is 74.6 cm³/mol. The number of para-hydroxylation sites is 1. The number of hydrogen-bond donors (Lipinski definition) is 1. The number of nitrogens with zero attached hydrogens (tertiary/aromatic N) is 2. The van der Waals surface area contributed by atoms with Crippen LogP contribution in [-0.4, -0.2) is 24.0 Å². The van der Waals surface area contributed by atoms with Crippen molar-refractivity contribution in [1.29, 1.82) is 0 Å². The largest absolute Gasteiger partial charge is 0.397 e. The van der Waals surface area contributed by atoms with Crippen LogP contribution in [0, 0.1) is 6.92 Å². The topological polar surface area (TPSA) is 78.0 Å². The van der Waals surface area contributed by atoms with E-state index in [9.17, 15) is 8.42 Å². The van der Waals surface area contributed by atoms with Crippen LogP contribution in [0.1, 0.15) is 11.1 Å². The molecule has 0 aliphatic heterocycles. The van der Waals surface area contributed by atoms with Crippen molar-refractivity contribution in [1.82, 2.24) is 9.78 Å². The van der Waals surface area contributed by atoms with Gasteiger partial charge in [-0.15, -0.1) is 0 Å². The zero-order valence-electron chi connectivity index (χ0n) is 11.0. The van der Waals surface area contributed by atoms with E-state index in [2.05, 4.69) is 5.10 Å². The first kappa shape index (κ1) is 13.6. The Kier molecular flexibility index (Phi) is 3.61. The Morgan fingerprint density at radius 2 is 2.11 bits per heavy atom. The first-order valence-corrected chi connectivity index (χ1v) is 7.61. The summed E-state index contributed by atoms with van der Waals surface area (Å²) in [7, 11) is -1.56. The molecule has 0 aliphatic carbocycles. The smallest absolute Gasteiger partial charge is 0.180 e. The van der Waals surface area contributed by atoms with Crippen molar-refractivity contribution in [2.45, 2.75) is 18.2 Å². The van der Waals surface area contributed by atoms with Crippen LogP contribution in [0.2, 0.25) is 0 Å². The van der Waals surface area contributed by atoms with Gasteiger partial charge < -0.3 is 5.73 Å². The highest BCUT2D eigenvalue weighted by molar-refractivity contribution is 7.91. The Balaban J connectivity index is 2.21. The number of sulfone groups is 1. The SMILES string of the molecule is Cc1cccc(S(=O)(=O)CCc2cnn(C)c2)c1N. The van der Waals surface area contributed by atoms with Crippen LogP contribution in [0.15, 0.2) is 35.5 Å². The van der Waals surface area contributed by atoms with Crippen LogP contribution in [0.3, 0.4) is 0 Å². The normalized spacial score (nSPS) is 11.7. The molecule has 0 atom stereocenters. The maximum Gasteiger partial charge on any atom is 0.180 e. The molecule has 6 heteroatoms. The van der Waals surface area contributed by atoms with E-state index < -0.39 is 9.84 Å². The van der Waals surface area contributed by atoms with Gasteiger partial charge in [-0.2, -0.15) is 5.10 Å². The lowest BCUT2D eigenvalue weighted by Crippen LogP contribution is -2.12. The molecule has 0 bridgehead atoms. The number of aromatic nitrogens is 2. The van der Waals surface area contributed by atoms with Crippen LogP contribution in [0.4, 0.5) is 5.69 Å². The van der Waals surface area contributed by atoms with Gasteiger partial charge in [0.1, 0.15) is 0 Å². The molecule has 0 aliphatic rings. The quantitative estimate of drug-likeness (QED) is 0.856. The van der Waals surface area contributed by atoms with Crippen molar-refractivity contribution in [3.05, 3.63) is 41.7 Å². The van der Waals surface area contributed by atoms with E-state index >= 15 is 0 Å². The second-order valence-electron chi connectivity index (χ2n) is 4.58. The predicted octanol–water partition coefficient (Wildman–Crippen LogP) is 1.33. The molecule has 0 fully saturated rings. The van der Waals surface area contributed by atoms with Gasteiger partial charge >= 0.3 is 0 Å². The molecule has 0 radical (unpaired) electrons. The van der Waals surface area contributed by atoms with E-state index in [4.69, 9.17) is 5.73 Å². The first-order chi connectivity index (χ1) is 8.90. The third-order valence-corrected chi connectivity index (χ3v) is 4.80. The summed E-state index contributed by atoms with van der Waals surface area (Å²) < 4.78 is 26.2. The Labute approximate surface area is 113 Å². The lowest BCUT2D eigenvalue weighted by molar-refractivity contribution is 0.595. The van der Waals surface area contributed by atoms with Gasteiger partial charge in [-0.3, -0.25) is 4.68 Å². The van der Waals surface area contributed by atoms with Crippen LogP contribution in [-0.2, 0) is 23.3 Å². The summed E-state index contributed by atoms with van der Waals surface area (Å²) in [6, 6.07) is 5.07. The fraction of sp³-hybridized carbons (Fsp3) is 0.308. The lowest BCUT2D eigenvalue weighted by Gasteiger charge is -2.08. The van der Waals surface area contributed by atoms with Crippen molar-refractivity contribution < 1.29 is 8.42 Å². The maximum atomic E-state index is 12.3. The molecule has 2 aromatic rings. The second kappa shape index (κ2) is 5.05. The number of nitrogen functional groups attached to an aromatic ring is 1. The maximum absolute atomic E-state index is 12.3. The molecule has 1 aromatic carbocycles. The Bertz CT molecular complexity index is 690. The average Bonchev–Trinajstić information content (AvgIpc) is 2.76. The molecule has 1 heterocycles. The van der Waals surface area contributed by atoms with E-state index in [1.54, 1.807) is 43.0 Å². The first-order valence-electron chi connectivity index (χ1n) is 5.95. The Morgan fingerprint density at radius 3 is 2.74 bits per heavy atom. The Morgan fingerprint density at radius 1 is 1.37 bits per heavy atom. The molecule has 0 amide bonds. The highest BCUT2D eigenvalue weighted by Gasteiger charge is 2.18. The zero-order chi connectivity index (χ0) is 14.0. The summed E-state index contributed by atoms with van der Waals surface area (Å²) in [5.74, 6) is 0.0341. The molecular formula is C13H17N3O2S. The minimum absolute atomic E-state index is 0.0341. The molecule has 0 saturated heterocycles. The van der Waals surface area contributed by atoms with Crippen LogP contribution in [0.25, 0.3) is 0 Å². The van der Waals surface area contributed by atoms with Gasteiger partial charge in [0, 0.05) is 13.2 Å². The van der Waals surface area contributed by atoms with Gasteiger partial charge in [-0.25, -0.2) is 8.42 Å². The van der Waals surface area contributed by atoms with Crippen molar-refractivity contribution in [2.75, 3.05) is 11.5 Å². The van der Waals surface area contributed by atoms with Gasteiger partial charge in [0.15, 0.2) is 9.84 Å². The highest BCUT2D eigenvalue weighted by atomic mass is 32.2. The number of aryl methyl sites for hydroxylation is 3. The van der Waals surface area contributed by atoms with E-state index in [-0.39, 0.29) is 10.6 Å². The summed E-state index contributed by atoms with van der Waals surface area (Å²) in [5, 5.41) is 4.02. The minimum atomic E-state index is -3.36. The molecule has 2 rings (SSSR count). The molecule has 1 aromatic heterocycles. The summed E-state index contributed by atoms with van der Waals surface area (Å²) in [4.78, 5) is 0.219. The summed E-state index contributed by atoms with van der Waals surface area (Å²) >= 11 is 0. The van der Waals surface area contributed by atoms with Crippen LogP contribution < -0.4 is 5.73 Å². The third kappa shape index (κ3) is 2.96. The van der Waals surface area contributed by atoms with Crippen molar-refractivity contribution in [3.63, 3.8) is 0 Å². The summed E-state index contributed by atoms with van der Waals surface area (Å²) in [5.41, 5.74) is 7.87. The number of rotatable bonds is 4. The lowest BCUT2D eigenvalue weighted by atomic mass is 10.2. The summed E-state index contributed by atoms with van der Waals surface area (Å²) in [6.45, 7) is 1.80. The van der Waals surface area contributed by atoms with Crippen LogP contribution >= 0.6 is 0 Å². The molecule has 0 unspecified atom stereocenters. The van der Waals surface area contributed by atoms with Gasteiger partial charge in [0.25, 0.3) is 0 Å². The number of anilines is 1. The molecule has 102 valence electrons. The molecule has 2 N–H and O–H groups in total. The number of hydrogen-bond acceptors (Lipinski definition) is 4. The zero-order valence-corrected chi connectivity index (χ0v) is 11.8. The molecule has 19 heavy (non-hydrogen) atoms. The monoisotopic (exact) mass is 279 g/mol.